The number of aryl methyl sites for hydroxylation is 1. The van der Waals surface area contributed by atoms with Crippen LogP contribution in [0.3, 0.4) is 0 Å². The molecule has 1 unspecified atom stereocenters. The van der Waals surface area contributed by atoms with Crippen molar-refractivity contribution in [3.63, 3.8) is 0 Å². The van der Waals surface area contributed by atoms with Crippen molar-refractivity contribution in [1.82, 2.24) is 5.32 Å². The Labute approximate surface area is 122 Å². The Balaban J connectivity index is 1.84. The molecule has 1 fully saturated rings. The van der Waals surface area contributed by atoms with E-state index in [4.69, 9.17) is 9.47 Å². The summed E-state index contributed by atoms with van der Waals surface area (Å²) in [5.74, 6) is 0.669. The van der Waals surface area contributed by atoms with Gasteiger partial charge in [0, 0.05) is 19.8 Å². The molecule has 0 saturated carbocycles. The minimum Gasteiger partial charge on any atom is -0.381 e. The molecule has 0 spiro atoms. The fourth-order valence-electron chi connectivity index (χ4n) is 2.75. The van der Waals surface area contributed by atoms with Crippen LogP contribution in [0.2, 0.25) is 0 Å². The molecule has 1 aromatic carbocycles. The lowest BCUT2D eigenvalue weighted by Crippen LogP contribution is -2.28. The normalized spacial score (nSPS) is 18.1. The first kappa shape index (κ1) is 15.5. The number of nitrogens with one attached hydrogen (secondary N) is 1. The van der Waals surface area contributed by atoms with Gasteiger partial charge >= 0.3 is 0 Å². The Hall–Kier alpha value is -0.900. The molecule has 3 heteroatoms. The molecule has 1 atom stereocenters. The minimum absolute atomic E-state index is 0.293. The van der Waals surface area contributed by atoms with Gasteiger partial charge in [0.05, 0.1) is 12.6 Å². The van der Waals surface area contributed by atoms with Crippen LogP contribution in [0.1, 0.15) is 36.9 Å². The van der Waals surface area contributed by atoms with E-state index in [-0.39, 0.29) is 0 Å². The van der Waals surface area contributed by atoms with Gasteiger partial charge in [-0.1, -0.05) is 31.2 Å². The summed E-state index contributed by atoms with van der Waals surface area (Å²) in [5.41, 5.74) is 2.68. The number of ether oxygens (including phenoxy) is 2. The van der Waals surface area contributed by atoms with Crippen molar-refractivity contribution < 1.29 is 9.47 Å². The van der Waals surface area contributed by atoms with Crippen molar-refractivity contribution in [1.29, 1.82) is 0 Å². The zero-order chi connectivity index (χ0) is 14.2. The highest BCUT2D eigenvalue weighted by Crippen LogP contribution is 2.19. The van der Waals surface area contributed by atoms with Crippen LogP contribution < -0.4 is 5.32 Å². The molecule has 1 aliphatic rings. The second kappa shape index (κ2) is 8.40. The summed E-state index contributed by atoms with van der Waals surface area (Å²) in [7, 11) is 0. The van der Waals surface area contributed by atoms with Gasteiger partial charge in [0.1, 0.15) is 0 Å². The first-order chi connectivity index (χ1) is 9.81. The lowest BCUT2D eigenvalue weighted by atomic mass is 10.0. The van der Waals surface area contributed by atoms with Crippen molar-refractivity contribution in [2.45, 2.75) is 32.7 Å². The van der Waals surface area contributed by atoms with Gasteiger partial charge in [0.25, 0.3) is 0 Å². The minimum atomic E-state index is 0.293. The van der Waals surface area contributed by atoms with Crippen LogP contribution in [0, 0.1) is 12.8 Å². The third-order valence-corrected chi connectivity index (χ3v) is 3.99. The van der Waals surface area contributed by atoms with Crippen LogP contribution >= 0.6 is 0 Å². The average molecular weight is 277 g/mol. The smallest absolute Gasteiger partial charge is 0.0661 e. The van der Waals surface area contributed by atoms with Crippen LogP contribution in [0.15, 0.2) is 24.3 Å². The zero-order valence-electron chi connectivity index (χ0n) is 12.7. The van der Waals surface area contributed by atoms with E-state index in [1.54, 1.807) is 0 Å². The predicted octanol–water partition coefficient (Wildman–Crippen LogP) is 3.09. The first-order valence-electron chi connectivity index (χ1n) is 7.75. The SMILES string of the molecule is CCNC(COCC1CCOCC1)c1ccccc1C. The highest BCUT2D eigenvalue weighted by atomic mass is 16.5. The Morgan fingerprint density at radius 2 is 2.05 bits per heavy atom. The van der Waals surface area contributed by atoms with Gasteiger partial charge in [-0.05, 0) is 43.4 Å². The summed E-state index contributed by atoms with van der Waals surface area (Å²) in [5, 5.41) is 3.53. The van der Waals surface area contributed by atoms with Crippen molar-refractivity contribution in [2.24, 2.45) is 5.92 Å². The molecule has 0 aliphatic carbocycles. The Kier molecular flexibility index (Phi) is 6.51. The van der Waals surface area contributed by atoms with Crippen molar-refractivity contribution in [3.05, 3.63) is 35.4 Å². The van der Waals surface area contributed by atoms with E-state index in [2.05, 4.69) is 43.4 Å². The maximum atomic E-state index is 5.98. The molecule has 1 N–H and O–H groups in total. The highest BCUT2D eigenvalue weighted by Gasteiger charge is 2.16. The molecule has 1 heterocycles. The number of benzene rings is 1. The number of hydrogen-bond donors (Lipinski definition) is 1. The second-order valence-electron chi connectivity index (χ2n) is 5.56. The number of likely N-dealkylation sites (N-methyl/N-ethyl adjacent to an activating group) is 1. The standard InChI is InChI=1S/C17H27NO2/c1-3-18-17(16-7-5-4-6-14(16)2)13-20-12-15-8-10-19-11-9-15/h4-7,15,17-18H,3,8-13H2,1-2H3. The van der Waals surface area contributed by atoms with Crippen LogP contribution in [0.5, 0.6) is 0 Å². The maximum absolute atomic E-state index is 5.98. The molecule has 1 saturated heterocycles. The van der Waals surface area contributed by atoms with Crippen LogP contribution in [0.25, 0.3) is 0 Å². The van der Waals surface area contributed by atoms with Crippen LogP contribution in [-0.2, 0) is 9.47 Å². The molecular formula is C17H27NO2. The number of hydrogen-bond acceptors (Lipinski definition) is 3. The molecular weight excluding hydrogens is 250 g/mol. The summed E-state index contributed by atoms with van der Waals surface area (Å²) in [6.07, 6.45) is 2.27. The zero-order valence-corrected chi connectivity index (χ0v) is 12.7. The van der Waals surface area contributed by atoms with Gasteiger partial charge in [-0.25, -0.2) is 0 Å². The monoisotopic (exact) mass is 277 g/mol. The predicted molar refractivity (Wildman–Crippen MR) is 82.0 cm³/mol. The van der Waals surface area contributed by atoms with Gasteiger partial charge in [0.2, 0.25) is 0 Å². The molecule has 0 amide bonds. The summed E-state index contributed by atoms with van der Waals surface area (Å²) in [4.78, 5) is 0. The second-order valence-corrected chi connectivity index (χ2v) is 5.56. The summed E-state index contributed by atoms with van der Waals surface area (Å²) < 4.78 is 11.4. The van der Waals surface area contributed by atoms with Gasteiger partial charge in [-0.15, -0.1) is 0 Å². The van der Waals surface area contributed by atoms with E-state index >= 15 is 0 Å². The molecule has 1 aliphatic heterocycles. The Bertz CT molecular complexity index is 388. The van der Waals surface area contributed by atoms with Gasteiger partial charge in [0.15, 0.2) is 0 Å². The summed E-state index contributed by atoms with van der Waals surface area (Å²) in [6, 6.07) is 8.84. The topological polar surface area (TPSA) is 30.5 Å². The van der Waals surface area contributed by atoms with Crippen molar-refractivity contribution >= 4 is 0 Å². The maximum Gasteiger partial charge on any atom is 0.0661 e. The van der Waals surface area contributed by atoms with E-state index in [1.807, 2.05) is 0 Å². The van der Waals surface area contributed by atoms with E-state index < -0.39 is 0 Å². The molecule has 2 rings (SSSR count). The molecule has 1 aromatic rings. The quantitative estimate of drug-likeness (QED) is 0.831. The Morgan fingerprint density at radius 3 is 2.75 bits per heavy atom. The van der Waals surface area contributed by atoms with Crippen LogP contribution in [0.4, 0.5) is 0 Å². The Morgan fingerprint density at radius 1 is 1.30 bits per heavy atom. The fourth-order valence-corrected chi connectivity index (χ4v) is 2.75. The molecule has 0 bridgehead atoms. The lowest BCUT2D eigenvalue weighted by molar-refractivity contribution is 0.0152. The van der Waals surface area contributed by atoms with Gasteiger partial charge in [-0.2, -0.15) is 0 Å². The molecule has 112 valence electrons. The molecule has 3 nitrogen and oxygen atoms in total. The molecule has 0 aromatic heterocycles. The van der Waals surface area contributed by atoms with E-state index in [0.29, 0.717) is 12.0 Å². The van der Waals surface area contributed by atoms with Crippen molar-refractivity contribution in [3.8, 4) is 0 Å². The van der Waals surface area contributed by atoms with E-state index in [1.165, 1.54) is 11.1 Å². The third kappa shape index (κ3) is 4.58. The molecule has 20 heavy (non-hydrogen) atoms. The summed E-state index contributed by atoms with van der Waals surface area (Å²) in [6.45, 7) is 8.65. The number of rotatable bonds is 7. The lowest BCUT2D eigenvalue weighted by Gasteiger charge is -2.24. The van der Waals surface area contributed by atoms with Gasteiger partial charge in [-0.3, -0.25) is 0 Å². The first-order valence-corrected chi connectivity index (χ1v) is 7.75. The summed E-state index contributed by atoms with van der Waals surface area (Å²) >= 11 is 0. The molecule has 0 radical (unpaired) electrons. The van der Waals surface area contributed by atoms with Crippen molar-refractivity contribution in [2.75, 3.05) is 33.0 Å². The van der Waals surface area contributed by atoms with Crippen LogP contribution in [-0.4, -0.2) is 33.0 Å². The largest absolute Gasteiger partial charge is 0.381 e. The fraction of sp³-hybridized carbons (Fsp3) is 0.647. The average Bonchev–Trinajstić information content (AvgIpc) is 2.48. The van der Waals surface area contributed by atoms with E-state index in [9.17, 15) is 0 Å². The van der Waals surface area contributed by atoms with E-state index in [0.717, 1.165) is 45.8 Å². The highest BCUT2D eigenvalue weighted by molar-refractivity contribution is 5.28. The van der Waals surface area contributed by atoms with Gasteiger partial charge < -0.3 is 14.8 Å². The third-order valence-electron chi connectivity index (χ3n) is 3.99.